The Morgan fingerprint density at radius 3 is 3.00 bits per heavy atom. The van der Waals surface area contributed by atoms with Crippen molar-refractivity contribution in [3.8, 4) is 0 Å². The number of methoxy groups -OCH3 is 1. The number of rotatable bonds is 6. The summed E-state index contributed by atoms with van der Waals surface area (Å²) in [7, 11) is 3.64. The lowest BCUT2D eigenvalue weighted by Gasteiger charge is -2.34. The minimum Gasteiger partial charge on any atom is -0.380 e. The molecule has 2 aromatic rings. The van der Waals surface area contributed by atoms with Crippen LogP contribution >= 0.6 is 0 Å². The molecule has 1 unspecified atom stereocenters. The van der Waals surface area contributed by atoms with Gasteiger partial charge in [-0.05, 0) is 18.1 Å². The first kappa shape index (κ1) is 19.4. The largest absolute Gasteiger partial charge is 0.380 e. The van der Waals surface area contributed by atoms with E-state index in [1.807, 2.05) is 24.1 Å². The number of hydrogen-bond donors (Lipinski definition) is 1. The summed E-state index contributed by atoms with van der Waals surface area (Å²) in [5, 5.41) is 7.67. The van der Waals surface area contributed by atoms with Crippen LogP contribution in [0, 0.1) is 0 Å². The van der Waals surface area contributed by atoms with Crippen molar-refractivity contribution in [1.29, 1.82) is 0 Å². The molecule has 1 aromatic heterocycles. The van der Waals surface area contributed by atoms with Gasteiger partial charge in [0, 0.05) is 39.0 Å². The highest BCUT2D eigenvalue weighted by atomic mass is 16.5. The van der Waals surface area contributed by atoms with Crippen molar-refractivity contribution in [2.75, 3.05) is 33.4 Å². The van der Waals surface area contributed by atoms with Gasteiger partial charge in [0.15, 0.2) is 5.96 Å². The molecule has 27 heavy (non-hydrogen) atoms. The number of morpholine rings is 1. The first-order chi connectivity index (χ1) is 13.2. The SMILES string of the molecule is CCNC(=NCc1cccc(COC)c1)N1CCOC(c2cnn(C)c2)C1. The lowest BCUT2D eigenvalue weighted by Crippen LogP contribution is -2.48. The number of nitrogens with zero attached hydrogens (tertiary/aromatic N) is 4. The van der Waals surface area contributed by atoms with Crippen LogP contribution in [0.15, 0.2) is 41.7 Å². The Morgan fingerprint density at radius 1 is 1.41 bits per heavy atom. The van der Waals surface area contributed by atoms with Gasteiger partial charge in [-0.1, -0.05) is 24.3 Å². The van der Waals surface area contributed by atoms with Crippen molar-refractivity contribution >= 4 is 5.96 Å². The van der Waals surface area contributed by atoms with Crippen LogP contribution in [0.2, 0.25) is 0 Å². The van der Waals surface area contributed by atoms with E-state index in [-0.39, 0.29) is 6.10 Å². The van der Waals surface area contributed by atoms with Gasteiger partial charge in [-0.15, -0.1) is 0 Å². The zero-order valence-corrected chi connectivity index (χ0v) is 16.4. The van der Waals surface area contributed by atoms with Gasteiger partial charge in [0.05, 0.1) is 32.5 Å². The fourth-order valence-corrected chi connectivity index (χ4v) is 3.23. The number of nitrogens with one attached hydrogen (secondary N) is 1. The molecule has 0 saturated carbocycles. The fraction of sp³-hybridized carbons (Fsp3) is 0.500. The van der Waals surface area contributed by atoms with Crippen LogP contribution in [0.25, 0.3) is 0 Å². The van der Waals surface area contributed by atoms with Crippen LogP contribution in [0.5, 0.6) is 0 Å². The molecule has 1 aliphatic heterocycles. The van der Waals surface area contributed by atoms with Crippen LogP contribution in [0.3, 0.4) is 0 Å². The van der Waals surface area contributed by atoms with E-state index in [0.29, 0.717) is 19.8 Å². The standard InChI is InChI=1S/C20H29N5O2/c1-4-21-20(22-11-16-6-5-7-17(10-16)15-26-3)25-8-9-27-19(14-25)18-12-23-24(2)13-18/h5-7,10,12-13,19H,4,8-9,11,14-15H2,1-3H3,(H,21,22). The molecule has 0 bridgehead atoms. The van der Waals surface area contributed by atoms with Gasteiger partial charge in [0.1, 0.15) is 6.10 Å². The summed E-state index contributed by atoms with van der Waals surface area (Å²) in [4.78, 5) is 7.12. The Morgan fingerprint density at radius 2 is 2.26 bits per heavy atom. The van der Waals surface area contributed by atoms with Crippen molar-refractivity contribution in [3.05, 3.63) is 53.3 Å². The monoisotopic (exact) mass is 371 g/mol. The zero-order chi connectivity index (χ0) is 19.1. The molecular formula is C20H29N5O2. The number of ether oxygens (including phenoxy) is 2. The summed E-state index contributed by atoms with van der Waals surface area (Å²) in [6, 6.07) is 8.37. The van der Waals surface area contributed by atoms with Gasteiger partial charge < -0.3 is 19.7 Å². The van der Waals surface area contributed by atoms with Crippen molar-refractivity contribution in [2.45, 2.75) is 26.2 Å². The van der Waals surface area contributed by atoms with Gasteiger partial charge in [0.2, 0.25) is 0 Å². The van der Waals surface area contributed by atoms with Gasteiger partial charge in [-0.25, -0.2) is 4.99 Å². The number of aryl methyl sites for hydroxylation is 1. The molecule has 0 radical (unpaired) electrons. The van der Waals surface area contributed by atoms with Crippen LogP contribution < -0.4 is 5.32 Å². The summed E-state index contributed by atoms with van der Waals surface area (Å²) in [6.07, 6.45) is 3.90. The van der Waals surface area contributed by atoms with Crippen LogP contribution in [0.4, 0.5) is 0 Å². The minimum atomic E-state index is 0.0151. The van der Waals surface area contributed by atoms with Crippen molar-refractivity contribution in [1.82, 2.24) is 20.0 Å². The van der Waals surface area contributed by atoms with E-state index in [9.17, 15) is 0 Å². The summed E-state index contributed by atoms with van der Waals surface area (Å²) in [5.41, 5.74) is 3.44. The first-order valence-corrected chi connectivity index (χ1v) is 9.39. The molecule has 3 rings (SSSR count). The summed E-state index contributed by atoms with van der Waals surface area (Å²) in [5.74, 6) is 0.923. The quantitative estimate of drug-likeness (QED) is 0.622. The van der Waals surface area contributed by atoms with Gasteiger partial charge >= 0.3 is 0 Å². The average Bonchev–Trinajstić information content (AvgIpc) is 3.12. The molecule has 1 atom stereocenters. The van der Waals surface area contributed by atoms with Crippen LogP contribution in [-0.2, 0) is 29.7 Å². The smallest absolute Gasteiger partial charge is 0.194 e. The zero-order valence-electron chi connectivity index (χ0n) is 16.4. The van der Waals surface area contributed by atoms with Gasteiger partial charge in [-0.2, -0.15) is 5.10 Å². The second kappa shape index (κ2) is 9.53. The molecule has 146 valence electrons. The maximum absolute atomic E-state index is 5.95. The Bertz CT molecular complexity index is 758. The van der Waals surface area contributed by atoms with Crippen LogP contribution in [0.1, 0.15) is 29.7 Å². The van der Waals surface area contributed by atoms with Crippen molar-refractivity contribution < 1.29 is 9.47 Å². The summed E-state index contributed by atoms with van der Waals surface area (Å²) < 4.78 is 13.0. The van der Waals surface area contributed by atoms with Crippen LogP contribution in [-0.4, -0.2) is 54.0 Å². The molecule has 7 nitrogen and oxygen atoms in total. The lowest BCUT2D eigenvalue weighted by molar-refractivity contribution is -0.00805. The molecule has 7 heteroatoms. The van der Waals surface area contributed by atoms with Gasteiger partial charge in [-0.3, -0.25) is 4.68 Å². The predicted molar refractivity (Wildman–Crippen MR) is 105 cm³/mol. The van der Waals surface area contributed by atoms with E-state index in [4.69, 9.17) is 14.5 Å². The molecule has 0 amide bonds. The Labute approximate surface area is 161 Å². The number of benzene rings is 1. The van der Waals surface area contributed by atoms with E-state index in [0.717, 1.165) is 31.2 Å². The lowest BCUT2D eigenvalue weighted by atomic mass is 10.1. The highest BCUT2D eigenvalue weighted by Crippen LogP contribution is 2.21. The Hall–Kier alpha value is -2.38. The molecule has 1 fully saturated rings. The maximum Gasteiger partial charge on any atom is 0.194 e. The highest BCUT2D eigenvalue weighted by molar-refractivity contribution is 5.80. The number of aliphatic imine (C=N–C) groups is 1. The topological polar surface area (TPSA) is 63.9 Å². The maximum atomic E-state index is 5.95. The Kier molecular flexibility index (Phi) is 6.84. The third-order valence-corrected chi connectivity index (χ3v) is 4.51. The normalized spacial score (nSPS) is 18.0. The van der Waals surface area contributed by atoms with E-state index >= 15 is 0 Å². The average molecular weight is 371 g/mol. The van der Waals surface area contributed by atoms with Crippen molar-refractivity contribution in [2.24, 2.45) is 12.0 Å². The molecule has 0 aliphatic carbocycles. The van der Waals surface area contributed by atoms with E-state index in [1.54, 1.807) is 7.11 Å². The Balaban J connectivity index is 1.70. The predicted octanol–water partition coefficient (Wildman–Crippen LogP) is 2.11. The van der Waals surface area contributed by atoms with E-state index in [2.05, 4.69) is 46.5 Å². The third kappa shape index (κ3) is 5.30. The van der Waals surface area contributed by atoms with Crippen molar-refractivity contribution in [3.63, 3.8) is 0 Å². The summed E-state index contributed by atoms with van der Waals surface area (Å²) in [6.45, 7) is 6.44. The van der Waals surface area contributed by atoms with E-state index < -0.39 is 0 Å². The van der Waals surface area contributed by atoms with Gasteiger partial charge in [0.25, 0.3) is 0 Å². The molecule has 0 spiro atoms. The molecular weight excluding hydrogens is 342 g/mol. The minimum absolute atomic E-state index is 0.0151. The number of aromatic nitrogens is 2. The molecule has 1 aromatic carbocycles. The molecule has 2 heterocycles. The molecule has 1 aliphatic rings. The fourth-order valence-electron chi connectivity index (χ4n) is 3.23. The first-order valence-electron chi connectivity index (χ1n) is 9.39. The third-order valence-electron chi connectivity index (χ3n) is 4.51. The molecule has 1 saturated heterocycles. The summed E-state index contributed by atoms with van der Waals surface area (Å²) >= 11 is 0. The second-order valence-corrected chi connectivity index (χ2v) is 6.68. The highest BCUT2D eigenvalue weighted by Gasteiger charge is 2.25. The second-order valence-electron chi connectivity index (χ2n) is 6.68. The number of hydrogen-bond acceptors (Lipinski definition) is 4. The van der Waals surface area contributed by atoms with E-state index in [1.165, 1.54) is 11.1 Å². The molecule has 1 N–H and O–H groups in total. The number of guanidine groups is 1.